The quantitative estimate of drug-likeness (QED) is 0.760. The van der Waals surface area contributed by atoms with Crippen LogP contribution in [0.2, 0.25) is 0 Å². The van der Waals surface area contributed by atoms with E-state index in [9.17, 15) is 9.59 Å². The van der Waals surface area contributed by atoms with Gasteiger partial charge in [0.05, 0.1) is 0 Å². The van der Waals surface area contributed by atoms with E-state index in [1.54, 1.807) is 0 Å². The van der Waals surface area contributed by atoms with E-state index in [1.165, 1.54) is 13.3 Å². The lowest BCUT2D eigenvalue weighted by Crippen LogP contribution is -2.43. The van der Waals surface area contributed by atoms with Crippen LogP contribution in [0.25, 0.3) is 0 Å². The number of carboxylic acids is 1. The Morgan fingerprint density at radius 2 is 2.06 bits per heavy atom. The molecule has 98 valence electrons. The summed E-state index contributed by atoms with van der Waals surface area (Å²) >= 11 is 0. The molecule has 1 aliphatic carbocycles. The van der Waals surface area contributed by atoms with E-state index in [4.69, 9.17) is 9.84 Å². The Kier molecular flexibility index (Phi) is 5.41. The van der Waals surface area contributed by atoms with Gasteiger partial charge in [-0.3, -0.25) is 4.79 Å². The minimum Gasteiger partial charge on any atom is -0.479 e. The maximum absolute atomic E-state index is 11.6. The predicted molar refractivity (Wildman–Crippen MR) is 62.6 cm³/mol. The molecule has 1 rings (SSSR count). The van der Waals surface area contributed by atoms with Gasteiger partial charge in [-0.05, 0) is 25.7 Å². The van der Waals surface area contributed by atoms with Crippen LogP contribution in [0.1, 0.15) is 39.5 Å². The largest absolute Gasteiger partial charge is 0.479 e. The van der Waals surface area contributed by atoms with Gasteiger partial charge in [-0.2, -0.15) is 0 Å². The molecule has 3 atom stereocenters. The van der Waals surface area contributed by atoms with E-state index in [2.05, 4.69) is 12.2 Å². The molecule has 5 nitrogen and oxygen atoms in total. The molecule has 0 aliphatic heterocycles. The number of carbonyl (C=O) groups is 2. The van der Waals surface area contributed by atoms with E-state index in [1.807, 2.05) is 0 Å². The molecule has 17 heavy (non-hydrogen) atoms. The third-order valence-corrected chi connectivity index (χ3v) is 3.27. The second kappa shape index (κ2) is 6.59. The third kappa shape index (κ3) is 4.73. The first-order valence-electron chi connectivity index (χ1n) is 6.14. The van der Waals surface area contributed by atoms with E-state index in [-0.39, 0.29) is 18.6 Å². The Bertz CT molecular complexity index is 280. The third-order valence-electron chi connectivity index (χ3n) is 3.27. The van der Waals surface area contributed by atoms with Gasteiger partial charge >= 0.3 is 5.97 Å². The summed E-state index contributed by atoms with van der Waals surface area (Å²) in [5.41, 5.74) is 0. The van der Waals surface area contributed by atoms with Gasteiger partial charge < -0.3 is 15.2 Å². The molecule has 0 bridgehead atoms. The number of rotatable bonds is 5. The zero-order valence-corrected chi connectivity index (χ0v) is 10.4. The molecule has 1 aliphatic rings. The number of hydrogen-bond acceptors (Lipinski definition) is 3. The van der Waals surface area contributed by atoms with Gasteiger partial charge in [0.2, 0.25) is 5.91 Å². The van der Waals surface area contributed by atoms with Crippen molar-refractivity contribution in [3.63, 3.8) is 0 Å². The standard InChI is InChI=1S/C12H21NO4/c1-8-5-3-4-6-10(8)13-11(14)7-17-9(2)12(15)16/h8-10H,3-7H2,1-2H3,(H,13,14)(H,15,16)/t8?,9-,10?/m1/s1. The Hall–Kier alpha value is -1.10. The zero-order chi connectivity index (χ0) is 12.8. The van der Waals surface area contributed by atoms with Gasteiger partial charge in [0, 0.05) is 6.04 Å². The topological polar surface area (TPSA) is 75.6 Å². The number of ether oxygens (including phenoxy) is 1. The average Bonchev–Trinajstić information content (AvgIpc) is 2.29. The van der Waals surface area contributed by atoms with Crippen molar-refractivity contribution in [2.75, 3.05) is 6.61 Å². The molecule has 2 unspecified atom stereocenters. The second-order valence-corrected chi connectivity index (χ2v) is 4.73. The van der Waals surface area contributed by atoms with Crippen molar-refractivity contribution in [2.45, 2.75) is 51.7 Å². The lowest BCUT2D eigenvalue weighted by atomic mass is 9.86. The van der Waals surface area contributed by atoms with Crippen molar-refractivity contribution in [1.82, 2.24) is 5.32 Å². The van der Waals surface area contributed by atoms with Crippen molar-refractivity contribution in [2.24, 2.45) is 5.92 Å². The van der Waals surface area contributed by atoms with Gasteiger partial charge in [0.15, 0.2) is 6.10 Å². The van der Waals surface area contributed by atoms with Crippen LogP contribution in [0.3, 0.4) is 0 Å². The normalized spacial score (nSPS) is 26.2. The average molecular weight is 243 g/mol. The minimum absolute atomic E-state index is 0.184. The molecule has 5 heteroatoms. The Labute approximate surface area is 102 Å². The molecule has 0 aromatic rings. The molecule has 1 amide bonds. The van der Waals surface area contributed by atoms with Crippen molar-refractivity contribution in [1.29, 1.82) is 0 Å². The molecular weight excluding hydrogens is 222 g/mol. The highest BCUT2D eigenvalue weighted by molar-refractivity contribution is 5.78. The van der Waals surface area contributed by atoms with Crippen molar-refractivity contribution >= 4 is 11.9 Å². The van der Waals surface area contributed by atoms with Crippen LogP contribution in [0.4, 0.5) is 0 Å². The highest BCUT2D eigenvalue weighted by atomic mass is 16.5. The smallest absolute Gasteiger partial charge is 0.332 e. The minimum atomic E-state index is -1.05. The van der Waals surface area contributed by atoms with Crippen molar-refractivity contribution in [3.8, 4) is 0 Å². The Morgan fingerprint density at radius 3 is 2.65 bits per heavy atom. The van der Waals surface area contributed by atoms with Crippen LogP contribution in [0.15, 0.2) is 0 Å². The highest BCUT2D eigenvalue weighted by Gasteiger charge is 2.23. The van der Waals surface area contributed by atoms with E-state index in [0.29, 0.717) is 5.92 Å². The van der Waals surface area contributed by atoms with Crippen LogP contribution >= 0.6 is 0 Å². The van der Waals surface area contributed by atoms with Crippen LogP contribution in [-0.4, -0.2) is 35.7 Å². The lowest BCUT2D eigenvalue weighted by molar-refractivity contribution is -0.151. The lowest BCUT2D eigenvalue weighted by Gasteiger charge is -2.29. The van der Waals surface area contributed by atoms with E-state index in [0.717, 1.165) is 19.3 Å². The monoisotopic (exact) mass is 243 g/mol. The molecular formula is C12H21NO4. The SMILES string of the molecule is CC1CCCCC1NC(=O)CO[C@H](C)C(=O)O. The Balaban J connectivity index is 2.26. The summed E-state index contributed by atoms with van der Waals surface area (Å²) in [6.45, 7) is 3.36. The molecule has 1 fully saturated rings. The van der Waals surface area contributed by atoms with Crippen LogP contribution in [0.5, 0.6) is 0 Å². The van der Waals surface area contributed by atoms with Crippen molar-refractivity contribution in [3.05, 3.63) is 0 Å². The summed E-state index contributed by atoms with van der Waals surface area (Å²) < 4.78 is 4.93. The highest BCUT2D eigenvalue weighted by Crippen LogP contribution is 2.23. The summed E-state index contributed by atoms with van der Waals surface area (Å²) in [5, 5.41) is 11.5. The second-order valence-electron chi connectivity index (χ2n) is 4.73. The summed E-state index contributed by atoms with van der Waals surface area (Å²) in [4.78, 5) is 22.1. The van der Waals surface area contributed by atoms with Gasteiger partial charge in [-0.25, -0.2) is 4.79 Å². The molecule has 0 saturated heterocycles. The molecule has 1 saturated carbocycles. The summed E-state index contributed by atoms with van der Waals surface area (Å²) in [7, 11) is 0. The number of carboxylic acid groups (broad SMARTS) is 1. The number of amides is 1. The predicted octanol–water partition coefficient (Wildman–Crippen LogP) is 1.17. The van der Waals surface area contributed by atoms with Gasteiger partial charge in [0.1, 0.15) is 6.61 Å². The molecule has 0 aromatic heterocycles. The summed E-state index contributed by atoms with van der Waals surface area (Å²) in [6.07, 6.45) is 3.56. The first-order chi connectivity index (χ1) is 8.00. The fourth-order valence-corrected chi connectivity index (χ4v) is 2.05. The Morgan fingerprint density at radius 1 is 1.41 bits per heavy atom. The molecule has 0 radical (unpaired) electrons. The van der Waals surface area contributed by atoms with Gasteiger partial charge in [-0.15, -0.1) is 0 Å². The van der Waals surface area contributed by atoms with Crippen LogP contribution in [-0.2, 0) is 14.3 Å². The first-order valence-corrected chi connectivity index (χ1v) is 6.14. The number of hydrogen-bond donors (Lipinski definition) is 2. The molecule has 0 spiro atoms. The maximum atomic E-state index is 11.6. The fraction of sp³-hybridized carbons (Fsp3) is 0.833. The summed E-state index contributed by atoms with van der Waals surface area (Å²) in [5.74, 6) is -0.787. The molecule has 0 aromatic carbocycles. The van der Waals surface area contributed by atoms with Crippen LogP contribution in [0, 0.1) is 5.92 Å². The number of carbonyl (C=O) groups excluding carboxylic acids is 1. The number of nitrogens with one attached hydrogen (secondary N) is 1. The zero-order valence-electron chi connectivity index (χ0n) is 10.4. The first kappa shape index (κ1) is 14.0. The van der Waals surface area contributed by atoms with Crippen LogP contribution < -0.4 is 5.32 Å². The summed E-state index contributed by atoms with van der Waals surface area (Å²) in [6, 6.07) is 0.208. The van der Waals surface area contributed by atoms with E-state index >= 15 is 0 Å². The van der Waals surface area contributed by atoms with Crippen molar-refractivity contribution < 1.29 is 19.4 Å². The number of aliphatic carboxylic acids is 1. The molecule has 2 N–H and O–H groups in total. The maximum Gasteiger partial charge on any atom is 0.332 e. The van der Waals surface area contributed by atoms with E-state index < -0.39 is 12.1 Å². The van der Waals surface area contributed by atoms with Gasteiger partial charge in [0.25, 0.3) is 0 Å². The van der Waals surface area contributed by atoms with Gasteiger partial charge in [-0.1, -0.05) is 19.8 Å². The molecule has 0 heterocycles. The fourth-order valence-electron chi connectivity index (χ4n) is 2.05.